The van der Waals surface area contributed by atoms with Gasteiger partial charge in [0.1, 0.15) is 5.76 Å². The molecule has 0 atom stereocenters. The van der Waals surface area contributed by atoms with Crippen LogP contribution in [-0.4, -0.2) is 12.3 Å². The first-order chi connectivity index (χ1) is 5.29. The molecule has 11 heavy (non-hydrogen) atoms. The van der Waals surface area contributed by atoms with Crippen molar-refractivity contribution in [3.05, 3.63) is 24.2 Å². The van der Waals surface area contributed by atoms with E-state index in [4.69, 9.17) is 4.74 Å². The van der Waals surface area contributed by atoms with Crippen molar-refractivity contribution in [3.8, 4) is 0 Å². The maximum atomic E-state index is 10.5. The van der Waals surface area contributed by atoms with Crippen LogP contribution in [0.4, 0.5) is 0 Å². The molecule has 1 heterocycles. The standard InChI is InChI=1S/C7H8N2O2/c1-6(10)11-7-2-3-8-5-9-4-7/h2-5H,1H3,(H,8,9). The zero-order valence-corrected chi connectivity index (χ0v) is 6.07. The summed E-state index contributed by atoms with van der Waals surface area (Å²) in [5.41, 5.74) is 0. The fraction of sp³-hybridized carbons (Fsp3) is 0.143. The molecule has 1 rings (SSSR count). The summed E-state index contributed by atoms with van der Waals surface area (Å²) < 4.78 is 4.76. The quantitative estimate of drug-likeness (QED) is 0.558. The predicted molar refractivity (Wildman–Crippen MR) is 40.6 cm³/mol. The average Bonchev–Trinajstić information content (AvgIpc) is 2.14. The summed E-state index contributed by atoms with van der Waals surface area (Å²) in [4.78, 5) is 14.2. The molecule has 0 aliphatic carbocycles. The maximum Gasteiger partial charge on any atom is 0.308 e. The van der Waals surface area contributed by atoms with Gasteiger partial charge in [-0.2, -0.15) is 0 Å². The first kappa shape index (κ1) is 7.53. The molecule has 1 N–H and O–H groups in total. The van der Waals surface area contributed by atoms with Crippen molar-refractivity contribution in [2.45, 2.75) is 6.92 Å². The number of carbonyl (C=O) groups excluding carboxylic acids is 1. The number of nitrogens with one attached hydrogen (secondary N) is 1. The Balaban J connectivity index is 2.58. The van der Waals surface area contributed by atoms with Gasteiger partial charge in [0.2, 0.25) is 0 Å². The molecule has 0 radical (unpaired) electrons. The van der Waals surface area contributed by atoms with Gasteiger partial charge in [0, 0.05) is 25.4 Å². The molecule has 0 saturated carbocycles. The molecule has 0 spiro atoms. The summed E-state index contributed by atoms with van der Waals surface area (Å²) >= 11 is 0. The fourth-order valence-corrected chi connectivity index (χ4v) is 0.600. The van der Waals surface area contributed by atoms with E-state index in [0.29, 0.717) is 5.76 Å². The van der Waals surface area contributed by atoms with Crippen molar-refractivity contribution in [1.82, 2.24) is 5.32 Å². The first-order valence-electron chi connectivity index (χ1n) is 3.12. The van der Waals surface area contributed by atoms with Crippen LogP contribution in [0, 0.1) is 0 Å². The van der Waals surface area contributed by atoms with E-state index in [1.807, 2.05) is 0 Å². The number of hydrogen-bond donors (Lipinski definition) is 1. The van der Waals surface area contributed by atoms with Gasteiger partial charge in [-0.15, -0.1) is 0 Å². The van der Waals surface area contributed by atoms with E-state index in [2.05, 4.69) is 10.3 Å². The summed E-state index contributed by atoms with van der Waals surface area (Å²) in [6, 6.07) is 0. The summed E-state index contributed by atoms with van der Waals surface area (Å²) in [5, 5.41) is 2.71. The minimum Gasteiger partial charge on any atom is -0.425 e. The number of nitrogens with zero attached hydrogens (tertiary/aromatic N) is 1. The minimum absolute atomic E-state index is 0.343. The van der Waals surface area contributed by atoms with E-state index < -0.39 is 0 Å². The van der Waals surface area contributed by atoms with Gasteiger partial charge in [-0.3, -0.25) is 4.79 Å². The molecule has 1 aliphatic heterocycles. The molecule has 4 nitrogen and oxygen atoms in total. The van der Waals surface area contributed by atoms with Crippen LogP contribution in [0.3, 0.4) is 0 Å². The second-order valence-corrected chi connectivity index (χ2v) is 1.90. The number of carbonyl (C=O) groups is 1. The molecule has 0 amide bonds. The normalized spacial score (nSPS) is 14.8. The van der Waals surface area contributed by atoms with Crippen molar-refractivity contribution in [2.24, 2.45) is 4.99 Å². The van der Waals surface area contributed by atoms with Crippen molar-refractivity contribution < 1.29 is 9.53 Å². The van der Waals surface area contributed by atoms with Gasteiger partial charge in [-0.25, -0.2) is 4.99 Å². The highest BCUT2D eigenvalue weighted by Crippen LogP contribution is 1.99. The Morgan fingerprint density at radius 3 is 3.27 bits per heavy atom. The van der Waals surface area contributed by atoms with Crippen LogP contribution in [0.5, 0.6) is 0 Å². The summed E-state index contributed by atoms with van der Waals surface area (Å²) in [7, 11) is 0. The van der Waals surface area contributed by atoms with Crippen LogP contribution >= 0.6 is 0 Å². The molecule has 0 unspecified atom stereocenters. The Labute approximate surface area is 64.3 Å². The Morgan fingerprint density at radius 2 is 2.55 bits per heavy atom. The van der Waals surface area contributed by atoms with E-state index in [9.17, 15) is 4.79 Å². The Bertz CT molecular complexity index is 241. The van der Waals surface area contributed by atoms with Gasteiger partial charge in [0.05, 0.1) is 6.34 Å². The molecular weight excluding hydrogens is 144 g/mol. The van der Waals surface area contributed by atoms with Crippen LogP contribution in [0.1, 0.15) is 6.92 Å². The number of aliphatic imine (C=N–C) groups is 1. The molecule has 1 aliphatic rings. The van der Waals surface area contributed by atoms with Gasteiger partial charge in [0.25, 0.3) is 0 Å². The minimum atomic E-state index is -0.343. The molecule has 0 fully saturated rings. The van der Waals surface area contributed by atoms with Crippen molar-refractivity contribution in [2.75, 3.05) is 0 Å². The lowest BCUT2D eigenvalue weighted by molar-refractivity contribution is -0.136. The molecule has 0 saturated heterocycles. The van der Waals surface area contributed by atoms with Crippen LogP contribution < -0.4 is 5.32 Å². The van der Waals surface area contributed by atoms with Crippen LogP contribution in [0.2, 0.25) is 0 Å². The molecule has 0 bridgehead atoms. The molecule has 58 valence electrons. The highest BCUT2D eigenvalue weighted by molar-refractivity contribution is 5.68. The first-order valence-corrected chi connectivity index (χ1v) is 3.12. The molecule has 0 aromatic rings. The lowest BCUT2D eigenvalue weighted by atomic mass is 10.5. The maximum absolute atomic E-state index is 10.5. The Morgan fingerprint density at radius 1 is 1.73 bits per heavy atom. The molecule has 4 heteroatoms. The zero-order valence-electron chi connectivity index (χ0n) is 6.07. The largest absolute Gasteiger partial charge is 0.425 e. The number of ether oxygens (including phenoxy) is 1. The fourth-order valence-electron chi connectivity index (χ4n) is 0.600. The van der Waals surface area contributed by atoms with Crippen molar-refractivity contribution in [3.63, 3.8) is 0 Å². The monoisotopic (exact) mass is 152 g/mol. The summed E-state index contributed by atoms with van der Waals surface area (Å²) in [5.74, 6) is 0.111. The van der Waals surface area contributed by atoms with E-state index in [-0.39, 0.29) is 5.97 Å². The van der Waals surface area contributed by atoms with Crippen molar-refractivity contribution >= 4 is 12.3 Å². The van der Waals surface area contributed by atoms with Crippen LogP contribution in [0.25, 0.3) is 0 Å². The topological polar surface area (TPSA) is 50.7 Å². The van der Waals surface area contributed by atoms with E-state index >= 15 is 0 Å². The number of rotatable bonds is 1. The SMILES string of the molecule is CC(=O)OC1=CNC=NC=C1. The van der Waals surface area contributed by atoms with Crippen LogP contribution in [0.15, 0.2) is 29.2 Å². The van der Waals surface area contributed by atoms with E-state index in [0.717, 1.165) is 0 Å². The smallest absolute Gasteiger partial charge is 0.308 e. The average molecular weight is 152 g/mol. The summed E-state index contributed by atoms with van der Waals surface area (Å²) in [6.45, 7) is 1.35. The predicted octanol–water partition coefficient (Wildman–Crippen LogP) is 0.536. The molecular formula is C7H8N2O2. The van der Waals surface area contributed by atoms with Crippen molar-refractivity contribution in [1.29, 1.82) is 0 Å². The third-order valence-electron chi connectivity index (χ3n) is 0.961. The molecule has 0 aromatic heterocycles. The van der Waals surface area contributed by atoms with Gasteiger partial charge in [-0.05, 0) is 0 Å². The second kappa shape index (κ2) is 3.55. The van der Waals surface area contributed by atoms with Gasteiger partial charge in [0.15, 0.2) is 0 Å². The number of esters is 1. The van der Waals surface area contributed by atoms with Gasteiger partial charge in [-0.1, -0.05) is 0 Å². The lowest BCUT2D eigenvalue weighted by Crippen LogP contribution is -2.03. The van der Waals surface area contributed by atoms with E-state index in [1.165, 1.54) is 19.5 Å². The zero-order chi connectivity index (χ0) is 8.10. The highest BCUT2D eigenvalue weighted by atomic mass is 16.5. The number of allylic oxidation sites excluding steroid dienone is 1. The Kier molecular flexibility index (Phi) is 2.43. The lowest BCUT2D eigenvalue weighted by Gasteiger charge is -1.98. The third-order valence-corrected chi connectivity index (χ3v) is 0.961. The highest BCUT2D eigenvalue weighted by Gasteiger charge is 1.97. The van der Waals surface area contributed by atoms with Crippen LogP contribution in [-0.2, 0) is 9.53 Å². The third kappa shape index (κ3) is 2.66. The number of hydrogen-bond acceptors (Lipinski definition) is 4. The summed E-state index contributed by atoms with van der Waals surface area (Å²) in [6.07, 6.45) is 6.17. The van der Waals surface area contributed by atoms with Gasteiger partial charge >= 0.3 is 5.97 Å². The second-order valence-electron chi connectivity index (χ2n) is 1.90. The molecule has 0 aromatic carbocycles. The van der Waals surface area contributed by atoms with Gasteiger partial charge < -0.3 is 10.1 Å². The van der Waals surface area contributed by atoms with E-state index in [1.54, 1.807) is 12.3 Å². The Hall–Kier alpha value is -1.58.